The molecule has 1 atom stereocenters. The molecule has 1 aromatic carbocycles. The van der Waals surface area contributed by atoms with Crippen molar-refractivity contribution in [2.24, 2.45) is 5.92 Å². The van der Waals surface area contributed by atoms with E-state index in [1.54, 1.807) is 22.9 Å². The van der Waals surface area contributed by atoms with E-state index in [2.05, 4.69) is 56.2 Å². The van der Waals surface area contributed by atoms with Crippen LogP contribution in [-0.2, 0) is 22.9 Å². The maximum Gasteiger partial charge on any atom is 0.387 e. The van der Waals surface area contributed by atoms with Crippen molar-refractivity contribution in [3.8, 4) is 34.6 Å². The Labute approximate surface area is 278 Å². The van der Waals surface area contributed by atoms with Crippen LogP contribution in [0.2, 0.25) is 51.4 Å². The van der Waals surface area contributed by atoms with Gasteiger partial charge in [0.2, 0.25) is 0 Å². The van der Waals surface area contributed by atoms with Crippen LogP contribution in [0, 0.1) is 17.8 Å². The van der Waals surface area contributed by atoms with Gasteiger partial charge in [-0.05, 0) is 43.1 Å². The van der Waals surface area contributed by atoms with Gasteiger partial charge in [0.25, 0.3) is 5.56 Å². The van der Waals surface area contributed by atoms with Gasteiger partial charge >= 0.3 is 6.61 Å². The van der Waals surface area contributed by atoms with Crippen LogP contribution in [0.4, 0.5) is 8.78 Å². The fourth-order valence-electron chi connectivity index (χ4n) is 4.81. The number of ether oxygens (including phenoxy) is 4. The van der Waals surface area contributed by atoms with Crippen LogP contribution < -0.4 is 15.0 Å². The Hall–Kier alpha value is -3.03. The quantitative estimate of drug-likeness (QED) is 0.0956. The normalized spacial score (nSPS) is 14.5. The first-order chi connectivity index (χ1) is 22.0. The number of hydrogen-bond acceptors (Lipinski definition) is 7. The van der Waals surface area contributed by atoms with Gasteiger partial charge in [0.05, 0.1) is 28.9 Å². The van der Waals surface area contributed by atoms with Gasteiger partial charge in [0.15, 0.2) is 11.5 Å². The van der Waals surface area contributed by atoms with Crippen LogP contribution in [0.15, 0.2) is 29.2 Å². The molecule has 258 valence electrons. The van der Waals surface area contributed by atoms with E-state index in [0.29, 0.717) is 30.0 Å². The fourth-order valence-corrected chi connectivity index (χ4v) is 6.33. The molecule has 0 amide bonds. The minimum absolute atomic E-state index is 0.0336. The van der Waals surface area contributed by atoms with Crippen molar-refractivity contribution in [1.29, 1.82) is 0 Å². The average molecular weight is 690 g/mol. The molecule has 0 saturated heterocycles. The SMILES string of the molecule is CC(C)C#CC(O)c1c(-c2ccc(OC(F)F)c(OC3CC3)c2)n(COCC[Si](C)(C)C)c2cnn(COCC[Si](C)(C)C)c(=O)c12. The van der Waals surface area contributed by atoms with Crippen LogP contribution in [-0.4, -0.2) is 61.5 Å². The predicted molar refractivity (Wildman–Crippen MR) is 185 cm³/mol. The lowest BCUT2D eigenvalue weighted by Crippen LogP contribution is -2.27. The summed E-state index contributed by atoms with van der Waals surface area (Å²) in [6, 6.07) is 6.51. The number of nitrogens with zero attached hydrogens (tertiary/aromatic N) is 3. The van der Waals surface area contributed by atoms with E-state index >= 15 is 0 Å². The van der Waals surface area contributed by atoms with Gasteiger partial charge in [-0.3, -0.25) is 4.79 Å². The summed E-state index contributed by atoms with van der Waals surface area (Å²) >= 11 is 0. The molecule has 4 rings (SSSR count). The second kappa shape index (κ2) is 15.5. The average Bonchev–Trinajstić information content (AvgIpc) is 3.72. The number of aromatic nitrogens is 3. The fraction of sp³-hybridized carbons (Fsp3) is 0.588. The molecular weight excluding hydrogens is 641 g/mol. The Bertz CT molecular complexity index is 1650. The van der Waals surface area contributed by atoms with Crippen molar-refractivity contribution in [2.75, 3.05) is 13.2 Å². The van der Waals surface area contributed by atoms with Gasteiger partial charge in [-0.25, -0.2) is 4.68 Å². The van der Waals surface area contributed by atoms with Crippen molar-refractivity contribution in [1.82, 2.24) is 14.3 Å². The molecule has 1 aliphatic carbocycles. The second-order valence-corrected chi connectivity index (χ2v) is 26.0. The number of benzene rings is 1. The van der Waals surface area contributed by atoms with Crippen molar-refractivity contribution in [3.05, 3.63) is 40.3 Å². The zero-order valence-electron chi connectivity index (χ0n) is 28.9. The first kappa shape index (κ1) is 36.8. The first-order valence-electron chi connectivity index (χ1n) is 16.3. The van der Waals surface area contributed by atoms with Gasteiger partial charge in [-0.15, -0.1) is 0 Å². The Morgan fingerprint density at radius 1 is 0.979 bits per heavy atom. The van der Waals surface area contributed by atoms with Gasteiger partial charge < -0.3 is 28.6 Å². The summed E-state index contributed by atoms with van der Waals surface area (Å²) in [7, 11) is -2.75. The van der Waals surface area contributed by atoms with E-state index in [1.807, 2.05) is 13.8 Å². The topological polar surface area (TPSA) is 97.0 Å². The molecule has 9 nitrogen and oxygen atoms in total. The van der Waals surface area contributed by atoms with Crippen molar-refractivity contribution in [3.63, 3.8) is 0 Å². The molecule has 1 N–H and O–H groups in total. The molecule has 2 heterocycles. The van der Waals surface area contributed by atoms with E-state index in [9.17, 15) is 18.7 Å². The lowest BCUT2D eigenvalue weighted by molar-refractivity contribution is -0.0516. The Kier molecular flexibility index (Phi) is 12.1. The summed E-state index contributed by atoms with van der Waals surface area (Å²) in [4.78, 5) is 14.1. The lowest BCUT2D eigenvalue weighted by atomic mass is 10.0. The molecule has 1 aliphatic rings. The zero-order valence-corrected chi connectivity index (χ0v) is 30.9. The molecule has 1 saturated carbocycles. The molecule has 1 unspecified atom stereocenters. The summed E-state index contributed by atoms with van der Waals surface area (Å²) in [5, 5.41) is 16.3. The molecule has 47 heavy (non-hydrogen) atoms. The predicted octanol–water partition coefficient (Wildman–Crippen LogP) is 7.33. The van der Waals surface area contributed by atoms with E-state index in [-0.39, 0.29) is 47.9 Å². The molecule has 0 aliphatic heterocycles. The summed E-state index contributed by atoms with van der Waals surface area (Å²) in [5.41, 5.74) is 1.27. The van der Waals surface area contributed by atoms with Gasteiger partial charge in [0.1, 0.15) is 19.6 Å². The molecule has 0 radical (unpaired) electrons. The van der Waals surface area contributed by atoms with Crippen molar-refractivity contribution >= 4 is 27.1 Å². The summed E-state index contributed by atoms with van der Waals surface area (Å²) in [5.74, 6) is 5.97. The van der Waals surface area contributed by atoms with Crippen LogP contribution >= 0.6 is 0 Å². The van der Waals surface area contributed by atoms with E-state index < -0.39 is 34.4 Å². The third kappa shape index (κ3) is 10.5. The summed E-state index contributed by atoms with van der Waals surface area (Å²) < 4.78 is 52.5. The van der Waals surface area contributed by atoms with Gasteiger partial charge in [-0.2, -0.15) is 13.9 Å². The number of aliphatic hydroxyl groups is 1. The van der Waals surface area contributed by atoms with Gasteiger partial charge in [-0.1, -0.05) is 65.0 Å². The third-order valence-corrected chi connectivity index (χ3v) is 11.0. The highest BCUT2D eigenvalue weighted by Crippen LogP contribution is 2.42. The smallest absolute Gasteiger partial charge is 0.387 e. The van der Waals surface area contributed by atoms with E-state index in [0.717, 1.165) is 24.9 Å². The van der Waals surface area contributed by atoms with Crippen molar-refractivity contribution in [2.45, 2.75) is 110 Å². The van der Waals surface area contributed by atoms with Gasteiger partial charge in [0, 0.05) is 46.4 Å². The lowest BCUT2D eigenvalue weighted by Gasteiger charge is -2.18. The number of fused-ring (bicyclic) bond motifs is 1. The largest absolute Gasteiger partial charge is 0.487 e. The minimum Gasteiger partial charge on any atom is -0.487 e. The molecular formula is C34H49F2N3O6Si2. The highest BCUT2D eigenvalue weighted by Gasteiger charge is 2.30. The Morgan fingerprint density at radius 3 is 2.19 bits per heavy atom. The summed E-state index contributed by atoms with van der Waals surface area (Å²) in [6.07, 6.45) is 1.75. The van der Waals surface area contributed by atoms with Crippen LogP contribution in [0.1, 0.15) is 38.4 Å². The molecule has 2 aromatic heterocycles. The second-order valence-electron chi connectivity index (χ2n) is 14.8. The highest BCUT2D eigenvalue weighted by molar-refractivity contribution is 6.76. The standard InChI is InChI=1S/C34H49F2N3O6Si2/c1-23(2)9-13-27(40)31-30-26(20-37-39(33(30)41)22-43-16-18-47(6,7)8)38(21-42-15-17-46(3,4)5)32(31)24-10-14-28(45-34(35)36)29(19-24)44-25-11-12-25/h10,14,19-20,23,25,27,34,40H,11-12,15-18,21-22H2,1-8H3. The van der Waals surface area contributed by atoms with Crippen LogP contribution in [0.3, 0.4) is 0 Å². The first-order valence-corrected chi connectivity index (χ1v) is 23.7. The number of rotatable bonds is 16. The number of hydrogen-bond donors (Lipinski definition) is 1. The molecule has 0 spiro atoms. The Balaban J connectivity index is 1.91. The number of aliphatic hydroxyl groups excluding tert-OH is 1. The van der Waals surface area contributed by atoms with E-state index in [1.165, 1.54) is 10.7 Å². The number of halogens is 2. The highest BCUT2D eigenvalue weighted by atomic mass is 28.3. The van der Waals surface area contributed by atoms with E-state index in [4.69, 9.17) is 18.9 Å². The minimum atomic E-state index is -3.03. The third-order valence-electron chi connectivity index (χ3n) is 7.57. The molecule has 0 bridgehead atoms. The maximum absolute atomic E-state index is 14.1. The molecule has 13 heteroatoms. The van der Waals surface area contributed by atoms with Crippen LogP contribution in [0.25, 0.3) is 22.2 Å². The molecule has 1 fully saturated rings. The van der Waals surface area contributed by atoms with Crippen LogP contribution in [0.5, 0.6) is 11.5 Å². The maximum atomic E-state index is 14.1. The summed E-state index contributed by atoms with van der Waals surface area (Å²) in [6.45, 7) is 15.4. The zero-order chi connectivity index (χ0) is 34.5. The van der Waals surface area contributed by atoms with Crippen molar-refractivity contribution < 1.29 is 32.8 Å². The Morgan fingerprint density at radius 2 is 1.62 bits per heavy atom. The molecule has 3 aromatic rings. The monoisotopic (exact) mass is 689 g/mol. The number of alkyl halides is 2.